The van der Waals surface area contributed by atoms with Gasteiger partial charge in [0.1, 0.15) is 11.7 Å². The maximum absolute atomic E-state index is 12.2. The van der Waals surface area contributed by atoms with Crippen molar-refractivity contribution in [1.82, 2.24) is 4.90 Å². The van der Waals surface area contributed by atoms with Crippen LogP contribution < -0.4 is 10.1 Å². The van der Waals surface area contributed by atoms with E-state index in [-0.39, 0.29) is 5.91 Å². The summed E-state index contributed by atoms with van der Waals surface area (Å²) >= 11 is 6.06. The standard InChI is InChI=1S/C22H24ClN3O2/c1-26-10-2-3-15(13-26)14-28-18-7-5-17(6-8-18)24-12-20-19-11-16(23)4-9-21(19)25-22(20)27/h4-9,11-12,15,20H,2-3,10,13-14H2,1H3,(H,25,27). The van der Waals surface area contributed by atoms with Gasteiger partial charge in [-0.1, -0.05) is 11.6 Å². The Kier molecular flexibility index (Phi) is 5.64. The van der Waals surface area contributed by atoms with Crippen molar-refractivity contribution >= 4 is 35.1 Å². The lowest BCUT2D eigenvalue weighted by Crippen LogP contribution is -2.34. The lowest BCUT2D eigenvalue weighted by molar-refractivity contribution is -0.115. The topological polar surface area (TPSA) is 53.9 Å². The molecule has 2 aromatic carbocycles. The van der Waals surface area contributed by atoms with E-state index in [1.165, 1.54) is 19.4 Å². The second-order valence-corrected chi connectivity index (χ2v) is 7.99. The molecule has 2 heterocycles. The van der Waals surface area contributed by atoms with Crippen molar-refractivity contribution in [3.8, 4) is 5.75 Å². The van der Waals surface area contributed by atoms with Gasteiger partial charge in [0.05, 0.1) is 12.3 Å². The Morgan fingerprint density at radius 2 is 2.11 bits per heavy atom. The lowest BCUT2D eigenvalue weighted by atomic mass is 10.00. The molecule has 2 aliphatic heterocycles. The highest BCUT2D eigenvalue weighted by atomic mass is 35.5. The first-order valence-electron chi connectivity index (χ1n) is 9.64. The van der Waals surface area contributed by atoms with Crippen molar-refractivity contribution in [2.24, 2.45) is 10.9 Å². The number of hydrogen-bond acceptors (Lipinski definition) is 4. The van der Waals surface area contributed by atoms with E-state index in [1.807, 2.05) is 36.4 Å². The largest absolute Gasteiger partial charge is 0.493 e. The predicted octanol–water partition coefficient (Wildman–Crippen LogP) is 4.50. The number of amides is 1. The van der Waals surface area contributed by atoms with Gasteiger partial charge >= 0.3 is 0 Å². The van der Waals surface area contributed by atoms with Crippen LogP contribution in [0.3, 0.4) is 0 Å². The molecule has 146 valence electrons. The van der Waals surface area contributed by atoms with Gasteiger partial charge in [0, 0.05) is 29.4 Å². The number of carbonyl (C=O) groups is 1. The highest BCUT2D eigenvalue weighted by Gasteiger charge is 2.29. The van der Waals surface area contributed by atoms with Gasteiger partial charge in [-0.25, -0.2) is 0 Å². The van der Waals surface area contributed by atoms with Crippen LogP contribution in [0, 0.1) is 5.92 Å². The molecule has 0 aromatic heterocycles. The first kappa shape index (κ1) is 19.0. The van der Waals surface area contributed by atoms with Crippen molar-refractivity contribution < 1.29 is 9.53 Å². The molecular formula is C22H24ClN3O2. The number of benzene rings is 2. The summed E-state index contributed by atoms with van der Waals surface area (Å²) < 4.78 is 5.95. The molecule has 1 fully saturated rings. The fourth-order valence-electron chi connectivity index (χ4n) is 3.82. The highest BCUT2D eigenvalue weighted by molar-refractivity contribution is 6.31. The van der Waals surface area contributed by atoms with Crippen molar-refractivity contribution in [3.63, 3.8) is 0 Å². The molecule has 0 radical (unpaired) electrons. The van der Waals surface area contributed by atoms with Crippen LogP contribution >= 0.6 is 11.6 Å². The molecular weight excluding hydrogens is 374 g/mol. The number of nitrogens with zero attached hydrogens (tertiary/aromatic N) is 2. The van der Waals surface area contributed by atoms with Crippen molar-refractivity contribution in [2.45, 2.75) is 18.8 Å². The van der Waals surface area contributed by atoms with E-state index in [9.17, 15) is 4.79 Å². The lowest BCUT2D eigenvalue weighted by Gasteiger charge is -2.29. The van der Waals surface area contributed by atoms with E-state index in [0.29, 0.717) is 10.9 Å². The Balaban J connectivity index is 1.37. The average molecular weight is 398 g/mol. The summed E-state index contributed by atoms with van der Waals surface area (Å²) in [5, 5.41) is 3.47. The molecule has 1 amide bonds. The fourth-order valence-corrected chi connectivity index (χ4v) is 4.00. The normalized spacial score (nSPS) is 22.3. The van der Waals surface area contributed by atoms with Crippen molar-refractivity contribution in [2.75, 3.05) is 32.1 Å². The van der Waals surface area contributed by atoms with Gasteiger partial charge in [0.2, 0.25) is 5.91 Å². The number of fused-ring (bicyclic) bond motifs is 1. The Bertz CT molecular complexity index is 882. The first-order chi connectivity index (χ1) is 13.6. The van der Waals surface area contributed by atoms with E-state index < -0.39 is 5.92 Å². The van der Waals surface area contributed by atoms with Crippen molar-refractivity contribution in [1.29, 1.82) is 0 Å². The smallest absolute Gasteiger partial charge is 0.237 e. The summed E-state index contributed by atoms with van der Waals surface area (Å²) in [6.45, 7) is 3.02. The van der Waals surface area contributed by atoms with Crippen LogP contribution in [-0.2, 0) is 4.79 Å². The minimum Gasteiger partial charge on any atom is -0.493 e. The quantitative estimate of drug-likeness (QED) is 0.756. The zero-order chi connectivity index (χ0) is 19.5. The zero-order valence-electron chi connectivity index (χ0n) is 15.9. The summed E-state index contributed by atoms with van der Waals surface area (Å²) in [4.78, 5) is 19.0. The van der Waals surface area contributed by atoms with Gasteiger partial charge in [0.15, 0.2) is 0 Å². The van der Waals surface area contributed by atoms with Gasteiger partial charge in [-0.3, -0.25) is 9.79 Å². The fraction of sp³-hybridized carbons (Fsp3) is 0.364. The van der Waals surface area contributed by atoms with E-state index in [2.05, 4.69) is 22.3 Å². The molecule has 0 bridgehead atoms. The van der Waals surface area contributed by atoms with Crippen LogP contribution in [0.25, 0.3) is 0 Å². The molecule has 2 unspecified atom stereocenters. The van der Waals surface area contributed by atoms with Gasteiger partial charge in [-0.2, -0.15) is 0 Å². The Morgan fingerprint density at radius 1 is 1.29 bits per heavy atom. The SMILES string of the molecule is CN1CCCC(COc2ccc(N=CC3C(=O)Nc4ccc(Cl)cc43)cc2)C1. The summed E-state index contributed by atoms with van der Waals surface area (Å²) in [5.41, 5.74) is 2.44. The number of aliphatic imine (C=N–C) groups is 1. The number of likely N-dealkylation sites (tertiary alicyclic amines) is 1. The maximum Gasteiger partial charge on any atom is 0.237 e. The van der Waals surface area contributed by atoms with Gasteiger partial charge in [0.25, 0.3) is 0 Å². The van der Waals surface area contributed by atoms with Crippen LogP contribution in [0.2, 0.25) is 5.02 Å². The monoisotopic (exact) mass is 397 g/mol. The molecule has 5 nitrogen and oxygen atoms in total. The molecule has 2 aromatic rings. The minimum absolute atomic E-state index is 0.0848. The van der Waals surface area contributed by atoms with Gasteiger partial charge < -0.3 is 15.0 Å². The third-order valence-electron chi connectivity index (χ3n) is 5.31. The molecule has 1 saturated heterocycles. The summed E-state index contributed by atoms with van der Waals surface area (Å²) in [7, 11) is 2.16. The van der Waals surface area contributed by atoms with E-state index >= 15 is 0 Å². The minimum atomic E-state index is -0.423. The summed E-state index contributed by atoms with van der Waals surface area (Å²) in [5.74, 6) is 0.929. The molecule has 4 rings (SSSR count). The second kappa shape index (κ2) is 8.33. The molecule has 0 spiro atoms. The summed E-state index contributed by atoms with van der Waals surface area (Å²) in [6.07, 6.45) is 4.13. The summed E-state index contributed by atoms with van der Waals surface area (Å²) in [6, 6.07) is 13.1. The Labute approximate surface area is 170 Å². The molecule has 2 atom stereocenters. The van der Waals surface area contributed by atoms with Crippen LogP contribution in [0.15, 0.2) is 47.5 Å². The number of carbonyl (C=O) groups excluding carboxylic acids is 1. The Hall–Kier alpha value is -2.37. The Morgan fingerprint density at radius 3 is 2.89 bits per heavy atom. The predicted molar refractivity (Wildman–Crippen MR) is 113 cm³/mol. The zero-order valence-corrected chi connectivity index (χ0v) is 16.7. The van der Waals surface area contributed by atoms with Crippen LogP contribution in [-0.4, -0.2) is 43.8 Å². The molecule has 28 heavy (non-hydrogen) atoms. The number of anilines is 1. The van der Waals surface area contributed by atoms with Gasteiger partial charge in [-0.05, 0) is 74.5 Å². The molecule has 2 aliphatic rings. The second-order valence-electron chi connectivity index (χ2n) is 7.55. The molecule has 6 heteroatoms. The maximum atomic E-state index is 12.2. The van der Waals surface area contributed by atoms with Crippen molar-refractivity contribution in [3.05, 3.63) is 53.1 Å². The molecule has 0 aliphatic carbocycles. The number of ether oxygens (including phenoxy) is 1. The first-order valence-corrected chi connectivity index (χ1v) is 10.0. The third-order valence-corrected chi connectivity index (χ3v) is 5.54. The van der Waals surface area contributed by atoms with E-state index in [0.717, 1.165) is 35.8 Å². The third kappa shape index (κ3) is 4.37. The number of rotatable bonds is 5. The number of halogens is 1. The van der Waals surface area contributed by atoms with Crippen LogP contribution in [0.5, 0.6) is 5.75 Å². The number of piperidine rings is 1. The highest BCUT2D eigenvalue weighted by Crippen LogP contribution is 2.34. The molecule has 1 N–H and O–H groups in total. The average Bonchev–Trinajstić information content (AvgIpc) is 3.00. The number of hydrogen-bond donors (Lipinski definition) is 1. The van der Waals surface area contributed by atoms with E-state index in [1.54, 1.807) is 12.3 Å². The van der Waals surface area contributed by atoms with Gasteiger partial charge in [-0.15, -0.1) is 0 Å². The van der Waals surface area contributed by atoms with E-state index in [4.69, 9.17) is 16.3 Å². The number of nitrogens with one attached hydrogen (secondary N) is 1. The van der Waals surface area contributed by atoms with Crippen LogP contribution in [0.4, 0.5) is 11.4 Å². The molecule has 0 saturated carbocycles. The van der Waals surface area contributed by atoms with Crippen LogP contribution in [0.1, 0.15) is 24.3 Å².